The van der Waals surface area contributed by atoms with Gasteiger partial charge in [-0.3, -0.25) is 0 Å². The normalized spacial score (nSPS) is 12.6. The van der Waals surface area contributed by atoms with Crippen LogP contribution in [0.1, 0.15) is 149 Å². The van der Waals surface area contributed by atoms with Gasteiger partial charge in [0.1, 0.15) is 0 Å². The molecule has 1 atom stereocenters. The lowest BCUT2D eigenvalue weighted by molar-refractivity contribution is 0.469. The van der Waals surface area contributed by atoms with Crippen molar-refractivity contribution < 1.29 is 0 Å². The SMILES string of the molecule is C=CCCCCCCCCCCCCC(C=CCCCCCC)CCCCC. The molecule has 0 N–H and O–H groups in total. The molecule has 0 rings (SSSR count). The molecule has 0 radical (unpaired) electrons. The first-order valence-electron chi connectivity index (χ1n) is 13.1. The standard InChI is InChI=1S/C28H54/c1-4-7-10-12-14-15-16-17-18-19-21-24-27-28(25-22-9-6-3)26-23-20-13-11-8-5-2/h4,23,26,28H,1,5-22,24-25,27H2,2-3H3. The van der Waals surface area contributed by atoms with Crippen LogP contribution in [0, 0.1) is 5.92 Å². The maximum Gasteiger partial charge on any atom is -0.0234 e. The van der Waals surface area contributed by atoms with Gasteiger partial charge in [0.2, 0.25) is 0 Å². The fraction of sp³-hybridized carbons (Fsp3) is 0.857. The molecule has 0 fully saturated rings. The fourth-order valence-electron chi connectivity index (χ4n) is 4.08. The minimum absolute atomic E-state index is 0.855. The van der Waals surface area contributed by atoms with Gasteiger partial charge in [0, 0.05) is 0 Å². The van der Waals surface area contributed by atoms with Gasteiger partial charge in [0.25, 0.3) is 0 Å². The van der Waals surface area contributed by atoms with Crippen molar-refractivity contribution in [2.75, 3.05) is 0 Å². The van der Waals surface area contributed by atoms with Crippen LogP contribution in [0.3, 0.4) is 0 Å². The Hall–Kier alpha value is -0.520. The highest BCUT2D eigenvalue weighted by molar-refractivity contribution is 4.88. The number of hydrogen-bond donors (Lipinski definition) is 0. The molecule has 0 saturated heterocycles. The zero-order valence-corrected chi connectivity index (χ0v) is 19.9. The Labute approximate surface area is 179 Å². The van der Waals surface area contributed by atoms with Crippen LogP contribution in [0.5, 0.6) is 0 Å². The summed E-state index contributed by atoms with van der Waals surface area (Å²) in [5.41, 5.74) is 0. The molecule has 1 unspecified atom stereocenters. The van der Waals surface area contributed by atoms with Crippen LogP contribution in [0.4, 0.5) is 0 Å². The number of hydrogen-bond acceptors (Lipinski definition) is 0. The lowest BCUT2D eigenvalue weighted by atomic mass is 9.93. The number of rotatable bonds is 23. The van der Waals surface area contributed by atoms with Crippen LogP contribution in [0.15, 0.2) is 24.8 Å². The van der Waals surface area contributed by atoms with E-state index in [1.54, 1.807) is 0 Å². The molecule has 0 aromatic rings. The first-order valence-corrected chi connectivity index (χ1v) is 13.1. The molecular weight excluding hydrogens is 336 g/mol. The molecule has 0 aliphatic carbocycles. The van der Waals surface area contributed by atoms with Crippen molar-refractivity contribution in [1.82, 2.24) is 0 Å². The van der Waals surface area contributed by atoms with Gasteiger partial charge < -0.3 is 0 Å². The maximum atomic E-state index is 3.80. The van der Waals surface area contributed by atoms with Crippen LogP contribution >= 0.6 is 0 Å². The first kappa shape index (κ1) is 27.5. The second-order valence-electron chi connectivity index (χ2n) is 8.93. The molecule has 0 spiro atoms. The monoisotopic (exact) mass is 390 g/mol. The molecule has 0 aromatic carbocycles. The smallest absolute Gasteiger partial charge is 0.0234 e. The largest absolute Gasteiger partial charge is 0.103 e. The van der Waals surface area contributed by atoms with E-state index in [0.717, 1.165) is 5.92 Å². The minimum atomic E-state index is 0.855. The highest BCUT2D eigenvalue weighted by atomic mass is 14.1. The van der Waals surface area contributed by atoms with Crippen molar-refractivity contribution in [3.8, 4) is 0 Å². The Morgan fingerprint density at radius 2 is 0.964 bits per heavy atom. The van der Waals surface area contributed by atoms with Crippen LogP contribution in [0.25, 0.3) is 0 Å². The van der Waals surface area contributed by atoms with Crippen LogP contribution in [0.2, 0.25) is 0 Å². The highest BCUT2D eigenvalue weighted by Crippen LogP contribution is 2.20. The molecule has 0 bridgehead atoms. The Bertz CT molecular complexity index is 314. The summed E-state index contributed by atoms with van der Waals surface area (Å²) < 4.78 is 0. The summed E-state index contributed by atoms with van der Waals surface area (Å²) in [5, 5.41) is 0. The summed E-state index contributed by atoms with van der Waals surface area (Å²) in [5.74, 6) is 0.855. The van der Waals surface area contributed by atoms with E-state index in [2.05, 4.69) is 38.7 Å². The second kappa shape index (κ2) is 24.5. The number of unbranched alkanes of at least 4 members (excludes halogenated alkanes) is 16. The third-order valence-electron chi connectivity index (χ3n) is 6.04. The molecule has 166 valence electrons. The maximum absolute atomic E-state index is 3.80. The van der Waals surface area contributed by atoms with Gasteiger partial charge in [0.05, 0.1) is 0 Å². The van der Waals surface area contributed by atoms with Crippen molar-refractivity contribution in [1.29, 1.82) is 0 Å². The van der Waals surface area contributed by atoms with Crippen molar-refractivity contribution in [2.45, 2.75) is 149 Å². The van der Waals surface area contributed by atoms with E-state index < -0.39 is 0 Å². The zero-order chi connectivity index (χ0) is 20.5. The Balaban J connectivity index is 3.65. The Kier molecular flexibility index (Phi) is 24.1. The van der Waals surface area contributed by atoms with E-state index in [1.165, 1.54) is 135 Å². The van der Waals surface area contributed by atoms with Crippen molar-refractivity contribution in [3.63, 3.8) is 0 Å². The van der Waals surface area contributed by atoms with E-state index in [-0.39, 0.29) is 0 Å². The average molecular weight is 391 g/mol. The van der Waals surface area contributed by atoms with Crippen molar-refractivity contribution in [3.05, 3.63) is 24.8 Å². The van der Waals surface area contributed by atoms with E-state index in [1.807, 2.05) is 0 Å². The molecule has 0 aliphatic rings. The quantitative estimate of drug-likeness (QED) is 0.120. The third-order valence-corrected chi connectivity index (χ3v) is 6.04. The fourth-order valence-corrected chi connectivity index (χ4v) is 4.08. The number of allylic oxidation sites excluding steroid dienone is 3. The summed E-state index contributed by atoms with van der Waals surface area (Å²) in [7, 11) is 0. The van der Waals surface area contributed by atoms with Gasteiger partial charge in [-0.25, -0.2) is 0 Å². The molecule has 0 heteroatoms. The third kappa shape index (κ3) is 21.8. The molecule has 0 saturated carbocycles. The van der Waals surface area contributed by atoms with E-state index in [0.29, 0.717) is 0 Å². The van der Waals surface area contributed by atoms with E-state index >= 15 is 0 Å². The topological polar surface area (TPSA) is 0 Å². The molecule has 0 aliphatic heterocycles. The van der Waals surface area contributed by atoms with Gasteiger partial charge in [-0.2, -0.15) is 0 Å². The van der Waals surface area contributed by atoms with Gasteiger partial charge in [0.15, 0.2) is 0 Å². The van der Waals surface area contributed by atoms with Crippen LogP contribution in [-0.2, 0) is 0 Å². The zero-order valence-electron chi connectivity index (χ0n) is 19.9. The molecule has 0 nitrogen and oxygen atoms in total. The Morgan fingerprint density at radius 1 is 0.536 bits per heavy atom. The van der Waals surface area contributed by atoms with Crippen molar-refractivity contribution in [2.24, 2.45) is 5.92 Å². The van der Waals surface area contributed by atoms with E-state index in [4.69, 9.17) is 0 Å². The lowest BCUT2D eigenvalue weighted by Crippen LogP contribution is -1.97. The minimum Gasteiger partial charge on any atom is -0.103 e. The van der Waals surface area contributed by atoms with Gasteiger partial charge >= 0.3 is 0 Å². The Morgan fingerprint density at radius 3 is 1.54 bits per heavy atom. The van der Waals surface area contributed by atoms with Crippen LogP contribution in [-0.4, -0.2) is 0 Å². The van der Waals surface area contributed by atoms with Crippen molar-refractivity contribution >= 4 is 0 Å². The van der Waals surface area contributed by atoms with E-state index in [9.17, 15) is 0 Å². The van der Waals surface area contributed by atoms with Gasteiger partial charge in [-0.1, -0.05) is 128 Å². The average Bonchev–Trinajstić information content (AvgIpc) is 2.71. The highest BCUT2D eigenvalue weighted by Gasteiger charge is 2.04. The molecular formula is C28H54. The summed E-state index contributed by atoms with van der Waals surface area (Å²) in [4.78, 5) is 0. The lowest BCUT2D eigenvalue weighted by Gasteiger charge is -2.12. The molecule has 28 heavy (non-hydrogen) atoms. The van der Waals surface area contributed by atoms with Gasteiger partial charge in [-0.15, -0.1) is 6.58 Å². The predicted octanol–water partition coefficient (Wildman–Crippen LogP) is 10.6. The molecule has 0 aromatic heterocycles. The summed E-state index contributed by atoms with van der Waals surface area (Å²) in [6.07, 6.45) is 36.6. The summed E-state index contributed by atoms with van der Waals surface area (Å²) >= 11 is 0. The predicted molar refractivity (Wildman–Crippen MR) is 131 cm³/mol. The first-order chi connectivity index (χ1) is 13.8. The van der Waals surface area contributed by atoms with Gasteiger partial charge in [-0.05, 0) is 44.4 Å². The van der Waals surface area contributed by atoms with Crippen LogP contribution < -0.4 is 0 Å². The summed E-state index contributed by atoms with van der Waals surface area (Å²) in [6.45, 7) is 8.41. The second-order valence-corrected chi connectivity index (χ2v) is 8.93. The molecule has 0 amide bonds. The molecule has 0 heterocycles. The summed E-state index contributed by atoms with van der Waals surface area (Å²) in [6, 6.07) is 0.